The maximum Gasteiger partial charge on any atom is 0.252 e. The molecule has 1 aromatic carbocycles. The number of primary amides is 1. The zero-order valence-corrected chi connectivity index (χ0v) is 8.76. The van der Waals surface area contributed by atoms with E-state index in [9.17, 15) is 22.8 Å². The van der Waals surface area contributed by atoms with Crippen LogP contribution >= 0.6 is 0 Å². The van der Waals surface area contributed by atoms with Crippen LogP contribution in [0.1, 0.15) is 17.3 Å². The molecule has 3 N–H and O–H groups in total. The Morgan fingerprint density at radius 2 is 1.71 bits per heavy atom. The lowest BCUT2D eigenvalue weighted by Crippen LogP contribution is -2.42. The number of rotatable bonds is 3. The van der Waals surface area contributed by atoms with Crippen LogP contribution in [0.2, 0.25) is 0 Å². The van der Waals surface area contributed by atoms with Crippen LogP contribution < -0.4 is 11.1 Å². The number of halogens is 3. The van der Waals surface area contributed by atoms with Gasteiger partial charge in [-0.3, -0.25) is 9.59 Å². The Hall–Kier alpha value is -2.05. The van der Waals surface area contributed by atoms with E-state index in [2.05, 4.69) is 5.32 Å². The number of carbonyl (C=O) groups is 2. The molecule has 17 heavy (non-hydrogen) atoms. The van der Waals surface area contributed by atoms with Crippen molar-refractivity contribution < 1.29 is 22.8 Å². The molecule has 1 atom stereocenters. The van der Waals surface area contributed by atoms with Gasteiger partial charge in [0.1, 0.15) is 6.04 Å². The van der Waals surface area contributed by atoms with Crippen LogP contribution in [0.3, 0.4) is 0 Å². The summed E-state index contributed by atoms with van der Waals surface area (Å²) in [6, 6.07) is 0.0572. The highest BCUT2D eigenvalue weighted by Crippen LogP contribution is 2.13. The fraction of sp³-hybridized carbons (Fsp3) is 0.200. The minimum atomic E-state index is -1.66. The Morgan fingerprint density at radius 1 is 1.24 bits per heavy atom. The zero-order valence-electron chi connectivity index (χ0n) is 8.76. The Bertz CT molecular complexity index is 454. The SMILES string of the molecule is CC(NC(=O)c1cc(F)c(F)c(F)c1)C(N)=O. The lowest BCUT2D eigenvalue weighted by atomic mass is 10.1. The van der Waals surface area contributed by atoms with E-state index in [1.807, 2.05) is 0 Å². The zero-order chi connectivity index (χ0) is 13.2. The first-order valence-corrected chi connectivity index (χ1v) is 4.57. The van der Waals surface area contributed by atoms with Crippen LogP contribution in [0.15, 0.2) is 12.1 Å². The van der Waals surface area contributed by atoms with E-state index in [1.54, 1.807) is 0 Å². The first-order valence-electron chi connectivity index (χ1n) is 4.57. The third-order valence-corrected chi connectivity index (χ3v) is 2.02. The van der Waals surface area contributed by atoms with Crippen molar-refractivity contribution in [2.75, 3.05) is 0 Å². The first kappa shape index (κ1) is 13.0. The maximum absolute atomic E-state index is 12.8. The summed E-state index contributed by atoms with van der Waals surface area (Å²) in [6.45, 7) is 1.30. The number of nitrogens with two attached hydrogens (primary N) is 1. The van der Waals surface area contributed by atoms with Gasteiger partial charge in [-0.2, -0.15) is 0 Å². The molecule has 1 aromatic rings. The molecular weight excluding hydrogens is 237 g/mol. The highest BCUT2D eigenvalue weighted by atomic mass is 19.2. The van der Waals surface area contributed by atoms with E-state index in [-0.39, 0.29) is 0 Å². The Balaban J connectivity index is 2.94. The molecule has 1 unspecified atom stereocenters. The molecule has 0 heterocycles. The van der Waals surface area contributed by atoms with Crippen LogP contribution in [0, 0.1) is 17.5 Å². The van der Waals surface area contributed by atoms with E-state index in [1.165, 1.54) is 6.92 Å². The number of carbonyl (C=O) groups excluding carboxylic acids is 2. The fourth-order valence-electron chi connectivity index (χ4n) is 1.04. The molecule has 1 rings (SSSR count). The minimum Gasteiger partial charge on any atom is -0.368 e. The van der Waals surface area contributed by atoms with E-state index >= 15 is 0 Å². The molecular formula is C10H9F3N2O2. The molecule has 7 heteroatoms. The van der Waals surface area contributed by atoms with Crippen LogP contribution in [0.25, 0.3) is 0 Å². The van der Waals surface area contributed by atoms with Gasteiger partial charge in [-0.15, -0.1) is 0 Å². The van der Waals surface area contributed by atoms with Gasteiger partial charge >= 0.3 is 0 Å². The Labute approximate surface area is 94.6 Å². The van der Waals surface area contributed by atoms with Crippen LogP contribution in [-0.2, 0) is 4.79 Å². The van der Waals surface area contributed by atoms with Crippen LogP contribution in [0.5, 0.6) is 0 Å². The van der Waals surface area contributed by atoms with E-state index < -0.39 is 40.9 Å². The number of hydrogen-bond donors (Lipinski definition) is 2. The van der Waals surface area contributed by atoms with Crippen molar-refractivity contribution in [2.24, 2.45) is 5.73 Å². The third-order valence-electron chi connectivity index (χ3n) is 2.02. The number of hydrogen-bond acceptors (Lipinski definition) is 2. The second kappa shape index (κ2) is 4.86. The summed E-state index contributed by atoms with van der Waals surface area (Å²) in [5.41, 5.74) is 4.45. The quantitative estimate of drug-likeness (QED) is 0.771. The first-order chi connectivity index (χ1) is 7.82. The molecule has 0 radical (unpaired) electrons. The Kier molecular flexibility index (Phi) is 3.72. The molecule has 0 fully saturated rings. The van der Waals surface area contributed by atoms with Crippen molar-refractivity contribution in [2.45, 2.75) is 13.0 Å². The van der Waals surface area contributed by atoms with Gasteiger partial charge in [0, 0.05) is 5.56 Å². The molecule has 2 amide bonds. The average molecular weight is 246 g/mol. The summed E-state index contributed by atoms with van der Waals surface area (Å²) in [7, 11) is 0. The standard InChI is InChI=1S/C10H9F3N2O2/c1-4(9(14)16)15-10(17)5-2-6(11)8(13)7(12)3-5/h2-4H,1H3,(H2,14,16)(H,15,17). The molecule has 4 nitrogen and oxygen atoms in total. The largest absolute Gasteiger partial charge is 0.368 e. The molecule has 0 saturated carbocycles. The van der Waals surface area contributed by atoms with Gasteiger partial charge in [0.15, 0.2) is 17.5 Å². The normalized spacial score (nSPS) is 12.0. The van der Waals surface area contributed by atoms with Crippen molar-refractivity contribution in [1.82, 2.24) is 5.32 Å². The highest BCUT2D eigenvalue weighted by Gasteiger charge is 2.18. The average Bonchev–Trinajstić information content (AvgIpc) is 2.24. The number of amides is 2. The molecule has 0 bridgehead atoms. The molecule has 0 aliphatic carbocycles. The molecule has 92 valence electrons. The number of benzene rings is 1. The van der Waals surface area contributed by atoms with Gasteiger partial charge < -0.3 is 11.1 Å². The smallest absolute Gasteiger partial charge is 0.252 e. The molecule has 0 spiro atoms. The summed E-state index contributed by atoms with van der Waals surface area (Å²) < 4.78 is 38.2. The van der Waals surface area contributed by atoms with Crippen molar-refractivity contribution in [3.05, 3.63) is 35.1 Å². The van der Waals surface area contributed by atoms with E-state index in [4.69, 9.17) is 5.73 Å². The summed E-state index contributed by atoms with van der Waals surface area (Å²) in [6.07, 6.45) is 0. The van der Waals surface area contributed by atoms with Gasteiger partial charge in [-0.05, 0) is 19.1 Å². The van der Waals surface area contributed by atoms with E-state index in [0.717, 1.165) is 0 Å². The number of nitrogens with one attached hydrogen (secondary N) is 1. The van der Waals surface area contributed by atoms with Gasteiger partial charge in [0.2, 0.25) is 5.91 Å². The van der Waals surface area contributed by atoms with Crippen molar-refractivity contribution in [3.8, 4) is 0 Å². The van der Waals surface area contributed by atoms with Gasteiger partial charge in [0.05, 0.1) is 0 Å². The predicted molar refractivity (Wildman–Crippen MR) is 52.4 cm³/mol. The maximum atomic E-state index is 12.8. The summed E-state index contributed by atoms with van der Waals surface area (Å²) in [5.74, 6) is -6.36. The van der Waals surface area contributed by atoms with Gasteiger partial charge in [-0.25, -0.2) is 13.2 Å². The molecule has 0 aliphatic rings. The third kappa shape index (κ3) is 2.96. The fourth-order valence-corrected chi connectivity index (χ4v) is 1.04. The van der Waals surface area contributed by atoms with Gasteiger partial charge in [-0.1, -0.05) is 0 Å². The lowest BCUT2D eigenvalue weighted by Gasteiger charge is -2.10. The van der Waals surface area contributed by atoms with Crippen LogP contribution in [0.4, 0.5) is 13.2 Å². The predicted octanol–water partition coefficient (Wildman–Crippen LogP) is 0.708. The van der Waals surface area contributed by atoms with Crippen molar-refractivity contribution in [3.63, 3.8) is 0 Å². The summed E-state index contributed by atoms with van der Waals surface area (Å²) in [5, 5.41) is 2.10. The van der Waals surface area contributed by atoms with Gasteiger partial charge in [0.25, 0.3) is 5.91 Å². The monoisotopic (exact) mass is 246 g/mol. The molecule has 0 saturated heterocycles. The van der Waals surface area contributed by atoms with E-state index in [0.29, 0.717) is 12.1 Å². The second-order valence-corrected chi connectivity index (χ2v) is 3.35. The van der Waals surface area contributed by atoms with Crippen LogP contribution in [-0.4, -0.2) is 17.9 Å². The molecule has 0 aromatic heterocycles. The highest BCUT2D eigenvalue weighted by molar-refractivity contribution is 5.97. The lowest BCUT2D eigenvalue weighted by molar-refractivity contribution is -0.119. The minimum absolute atomic E-state index is 0.436. The second-order valence-electron chi connectivity index (χ2n) is 3.35. The molecule has 0 aliphatic heterocycles. The van der Waals surface area contributed by atoms with Crippen molar-refractivity contribution in [1.29, 1.82) is 0 Å². The summed E-state index contributed by atoms with van der Waals surface area (Å²) in [4.78, 5) is 22.1. The summed E-state index contributed by atoms with van der Waals surface area (Å²) >= 11 is 0. The van der Waals surface area contributed by atoms with Crippen molar-refractivity contribution >= 4 is 11.8 Å². The topological polar surface area (TPSA) is 72.2 Å². The Morgan fingerprint density at radius 3 is 2.12 bits per heavy atom.